The fourth-order valence-corrected chi connectivity index (χ4v) is 3.28. The van der Waals surface area contributed by atoms with Crippen LogP contribution in [-0.4, -0.2) is 38.0 Å². The van der Waals surface area contributed by atoms with Crippen LogP contribution in [0.15, 0.2) is 54.2 Å². The van der Waals surface area contributed by atoms with E-state index in [2.05, 4.69) is 10.6 Å². The molecule has 0 spiro atoms. The SMILES string of the molecule is CCOC(=O)CC1=CC(=O)N(CC(=O)Nc2cc(Cl)ccc2OC)c2ccccc2N1. The normalized spacial score (nSPS) is 12.8. The van der Waals surface area contributed by atoms with E-state index in [1.807, 2.05) is 0 Å². The molecule has 0 bridgehead atoms. The summed E-state index contributed by atoms with van der Waals surface area (Å²) >= 11 is 6.02. The summed E-state index contributed by atoms with van der Waals surface area (Å²) in [5.41, 5.74) is 1.88. The lowest BCUT2D eigenvalue weighted by atomic mass is 10.2. The van der Waals surface area contributed by atoms with Gasteiger partial charge in [0.05, 0.1) is 37.2 Å². The lowest BCUT2D eigenvalue weighted by Crippen LogP contribution is -2.37. The lowest BCUT2D eigenvalue weighted by Gasteiger charge is -2.22. The van der Waals surface area contributed by atoms with Gasteiger partial charge in [-0.25, -0.2) is 0 Å². The molecule has 8 nitrogen and oxygen atoms in total. The van der Waals surface area contributed by atoms with Crippen LogP contribution in [0, 0.1) is 0 Å². The second-order valence-corrected chi connectivity index (χ2v) is 7.05. The molecule has 31 heavy (non-hydrogen) atoms. The molecule has 0 atom stereocenters. The van der Waals surface area contributed by atoms with E-state index < -0.39 is 17.8 Å². The Balaban J connectivity index is 1.84. The molecular weight excluding hydrogens is 422 g/mol. The topological polar surface area (TPSA) is 97.0 Å². The van der Waals surface area contributed by atoms with Crippen molar-refractivity contribution in [2.24, 2.45) is 0 Å². The fraction of sp³-hybridized carbons (Fsp3) is 0.227. The van der Waals surface area contributed by atoms with Gasteiger partial charge in [0.2, 0.25) is 5.91 Å². The molecule has 162 valence electrons. The zero-order valence-corrected chi connectivity index (χ0v) is 17.9. The highest BCUT2D eigenvalue weighted by molar-refractivity contribution is 6.31. The summed E-state index contributed by atoms with van der Waals surface area (Å²) in [5.74, 6) is -0.889. The van der Waals surface area contributed by atoms with Gasteiger partial charge in [-0.15, -0.1) is 0 Å². The summed E-state index contributed by atoms with van der Waals surface area (Å²) in [7, 11) is 1.48. The quantitative estimate of drug-likeness (QED) is 0.635. The average molecular weight is 444 g/mol. The number of ether oxygens (including phenoxy) is 2. The zero-order valence-electron chi connectivity index (χ0n) is 17.1. The highest BCUT2D eigenvalue weighted by Crippen LogP contribution is 2.31. The number of fused-ring (bicyclic) bond motifs is 1. The number of benzene rings is 2. The van der Waals surface area contributed by atoms with E-state index in [0.717, 1.165) is 0 Å². The lowest BCUT2D eigenvalue weighted by molar-refractivity contribution is -0.142. The minimum atomic E-state index is -0.453. The second kappa shape index (κ2) is 9.99. The van der Waals surface area contributed by atoms with Gasteiger partial charge in [0.1, 0.15) is 12.3 Å². The van der Waals surface area contributed by atoms with Crippen LogP contribution in [0.2, 0.25) is 5.02 Å². The van der Waals surface area contributed by atoms with Crippen LogP contribution in [0.4, 0.5) is 17.1 Å². The third-order valence-electron chi connectivity index (χ3n) is 4.43. The monoisotopic (exact) mass is 443 g/mol. The van der Waals surface area contributed by atoms with Crippen LogP contribution in [0.3, 0.4) is 0 Å². The second-order valence-electron chi connectivity index (χ2n) is 6.61. The molecule has 2 amide bonds. The van der Waals surface area contributed by atoms with Crippen molar-refractivity contribution in [3.63, 3.8) is 0 Å². The molecule has 0 aliphatic carbocycles. The molecule has 0 fully saturated rings. The van der Waals surface area contributed by atoms with Gasteiger partial charge in [0, 0.05) is 16.8 Å². The number of rotatable bonds is 7. The molecule has 9 heteroatoms. The summed E-state index contributed by atoms with van der Waals surface area (Å²) in [4.78, 5) is 38.9. The minimum Gasteiger partial charge on any atom is -0.495 e. The molecule has 3 rings (SSSR count). The summed E-state index contributed by atoms with van der Waals surface area (Å²) in [6, 6.07) is 11.9. The molecule has 0 unspecified atom stereocenters. The Kier molecular flexibility index (Phi) is 7.15. The predicted molar refractivity (Wildman–Crippen MR) is 118 cm³/mol. The van der Waals surface area contributed by atoms with Crippen LogP contribution in [0.1, 0.15) is 13.3 Å². The maximum absolute atomic E-state index is 12.9. The van der Waals surface area contributed by atoms with Crippen molar-refractivity contribution >= 4 is 46.4 Å². The fourth-order valence-electron chi connectivity index (χ4n) is 3.11. The summed E-state index contributed by atoms with van der Waals surface area (Å²) in [6.45, 7) is 1.70. The molecule has 0 radical (unpaired) electrons. The van der Waals surface area contributed by atoms with E-state index in [9.17, 15) is 14.4 Å². The standard InChI is InChI=1S/C22H22ClN3O5/c1-3-31-22(29)12-15-11-21(28)26(18-7-5-4-6-16(18)24-15)13-20(27)25-17-10-14(23)8-9-19(17)30-2/h4-11,24H,3,12-13H2,1-2H3,(H,25,27). The van der Waals surface area contributed by atoms with E-state index in [1.165, 1.54) is 18.1 Å². The third-order valence-corrected chi connectivity index (χ3v) is 4.67. The van der Waals surface area contributed by atoms with Crippen LogP contribution in [-0.2, 0) is 19.1 Å². The number of hydrogen-bond donors (Lipinski definition) is 2. The smallest absolute Gasteiger partial charge is 0.311 e. The van der Waals surface area contributed by atoms with Crippen molar-refractivity contribution in [1.29, 1.82) is 0 Å². The highest BCUT2D eigenvalue weighted by atomic mass is 35.5. The number of hydrogen-bond acceptors (Lipinski definition) is 6. The summed E-state index contributed by atoms with van der Waals surface area (Å²) in [5, 5.41) is 6.24. The number of carbonyl (C=O) groups is 3. The number of esters is 1. The van der Waals surface area contributed by atoms with E-state index in [4.69, 9.17) is 21.1 Å². The molecule has 0 saturated heterocycles. The Morgan fingerprint density at radius 2 is 1.97 bits per heavy atom. The van der Waals surface area contributed by atoms with Gasteiger partial charge >= 0.3 is 5.97 Å². The Bertz CT molecular complexity index is 1040. The van der Waals surface area contributed by atoms with Gasteiger partial charge < -0.3 is 20.1 Å². The first-order valence-corrected chi connectivity index (χ1v) is 9.96. The van der Waals surface area contributed by atoms with Crippen LogP contribution in [0.5, 0.6) is 5.75 Å². The number of amides is 2. The van der Waals surface area contributed by atoms with Crippen LogP contribution >= 0.6 is 11.6 Å². The van der Waals surface area contributed by atoms with E-state index in [1.54, 1.807) is 49.4 Å². The first-order valence-electron chi connectivity index (χ1n) is 9.58. The van der Waals surface area contributed by atoms with Crippen molar-refractivity contribution in [3.05, 3.63) is 59.3 Å². The van der Waals surface area contributed by atoms with Gasteiger partial charge in [-0.1, -0.05) is 23.7 Å². The molecule has 2 aromatic rings. The van der Waals surface area contributed by atoms with Crippen molar-refractivity contribution in [3.8, 4) is 5.75 Å². The zero-order chi connectivity index (χ0) is 22.4. The highest BCUT2D eigenvalue weighted by Gasteiger charge is 2.25. The summed E-state index contributed by atoms with van der Waals surface area (Å²) in [6.07, 6.45) is 1.21. The number of anilines is 3. The minimum absolute atomic E-state index is 0.0896. The van der Waals surface area contributed by atoms with E-state index >= 15 is 0 Å². The third kappa shape index (κ3) is 5.55. The Morgan fingerprint density at radius 3 is 2.71 bits per heavy atom. The molecule has 1 heterocycles. The van der Waals surface area contributed by atoms with Crippen LogP contribution in [0.25, 0.3) is 0 Å². The van der Waals surface area contributed by atoms with Crippen LogP contribution < -0.4 is 20.3 Å². The van der Waals surface area contributed by atoms with E-state index in [-0.39, 0.29) is 19.6 Å². The molecule has 2 aromatic carbocycles. The Hall–Kier alpha value is -3.52. The molecule has 1 aliphatic rings. The maximum Gasteiger partial charge on any atom is 0.311 e. The number of para-hydroxylation sites is 2. The van der Waals surface area contributed by atoms with Gasteiger partial charge in [-0.2, -0.15) is 0 Å². The van der Waals surface area contributed by atoms with Crippen molar-refractivity contribution in [2.45, 2.75) is 13.3 Å². The largest absolute Gasteiger partial charge is 0.495 e. The summed E-state index contributed by atoms with van der Waals surface area (Å²) < 4.78 is 10.2. The number of methoxy groups -OCH3 is 1. The number of halogens is 1. The first kappa shape index (κ1) is 22.2. The predicted octanol–water partition coefficient (Wildman–Crippen LogP) is 3.58. The van der Waals surface area contributed by atoms with Gasteiger partial charge in [0.25, 0.3) is 5.91 Å². The Labute approximate surface area is 184 Å². The number of nitrogens with one attached hydrogen (secondary N) is 2. The first-order chi connectivity index (χ1) is 14.9. The Morgan fingerprint density at radius 1 is 1.19 bits per heavy atom. The maximum atomic E-state index is 12.9. The van der Waals surface area contributed by atoms with E-state index in [0.29, 0.717) is 33.5 Å². The molecule has 1 aliphatic heterocycles. The van der Waals surface area contributed by atoms with Crippen molar-refractivity contribution < 1.29 is 23.9 Å². The molecule has 2 N–H and O–H groups in total. The molecular formula is C22H22ClN3O5. The van der Waals surface area contributed by atoms with Crippen molar-refractivity contribution in [2.75, 3.05) is 35.8 Å². The van der Waals surface area contributed by atoms with Gasteiger partial charge in [-0.05, 0) is 37.3 Å². The van der Waals surface area contributed by atoms with Crippen molar-refractivity contribution in [1.82, 2.24) is 0 Å². The molecule has 0 saturated carbocycles. The number of nitrogens with zero attached hydrogens (tertiary/aromatic N) is 1. The average Bonchev–Trinajstić information content (AvgIpc) is 2.84. The van der Waals surface area contributed by atoms with Gasteiger partial charge in [0.15, 0.2) is 0 Å². The number of carbonyl (C=O) groups excluding carboxylic acids is 3. The molecule has 0 aromatic heterocycles. The van der Waals surface area contributed by atoms with Gasteiger partial charge in [-0.3, -0.25) is 19.3 Å².